The molecular weight excluding hydrogens is 329 g/mol. The number of thioether (sulfide) groups is 1. The van der Waals surface area contributed by atoms with Crippen LogP contribution in [0.2, 0.25) is 0 Å². The Hall–Kier alpha value is -2.17. The van der Waals surface area contributed by atoms with Gasteiger partial charge in [0.1, 0.15) is 17.4 Å². The molecule has 0 unspecified atom stereocenters. The number of ether oxygens (including phenoxy) is 1. The highest BCUT2D eigenvalue weighted by atomic mass is 32.2. The van der Waals surface area contributed by atoms with Crippen LogP contribution in [-0.4, -0.2) is 22.8 Å². The number of halogens is 1. The van der Waals surface area contributed by atoms with Gasteiger partial charge in [0.15, 0.2) is 5.16 Å². The maximum Gasteiger partial charge on any atom is 0.270 e. The minimum atomic E-state index is -0.499. The Kier molecular flexibility index (Phi) is 4.97. The first-order valence-electron chi connectivity index (χ1n) is 7.57. The molecule has 2 aromatic rings. The smallest absolute Gasteiger partial charge is 0.270 e. The van der Waals surface area contributed by atoms with Crippen LogP contribution >= 0.6 is 11.8 Å². The summed E-state index contributed by atoms with van der Waals surface area (Å²) in [5, 5.41) is 9.71. The van der Waals surface area contributed by atoms with Crippen LogP contribution < -0.4 is 5.56 Å². The lowest BCUT2D eigenvalue weighted by Crippen LogP contribution is -2.15. The molecule has 1 fully saturated rings. The van der Waals surface area contributed by atoms with Crippen LogP contribution in [-0.2, 0) is 11.3 Å². The average Bonchev–Trinajstić information content (AvgIpc) is 3.38. The second-order valence-electron chi connectivity index (χ2n) is 5.67. The number of aromatic amines is 1. The first-order valence-corrected chi connectivity index (χ1v) is 8.79. The second-order valence-corrected chi connectivity index (χ2v) is 6.47. The normalized spacial score (nSPS) is 13.7. The highest BCUT2D eigenvalue weighted by molar-refractivity contribution is 7.98. The predicted octanol–water partition coefficient (Wildman–Crippen LogP) is 3.10. The molecule has 0 atom stereocenters. The molecule has 0 spiro atoms. The van der Waals surface area contributed by atoms with Crippen molar-refractivity contribution in [1.29, 1.82) is 5.26 Å². The quantitative estimate of drug-likeness (QED) is 0.643. The van der Waals surface area contributed by atoms with Gasteiger partial charge in [0, 0.05) is 12.2 Å². The van der Waals surface area contributed by atoms with Gasteiger partial charge in [-0.2, -0.15) is 5.26 Å². The molecule has 0 bridgehead atoms. The van der Waals surface area contributed by atoms with E-state index in [4.69, 9.17) is 4.74 Å². The molecule has 0 radical (unpaired) electrons. The van der Waals surface area contributed by atoms with E-state index in [1.54, 1.807) is 6.26 Å². The van der Waals surface area contributed by atoms with Gasteiger partial charge in [-0.15, -0.1) is 0 Å². The van der Waals surface area contributed by atoms with Crippen molar-refractivity contribution in [3.63, 3.8) is 0 Å². The molecule has 3 rings (SSSR count). The Morgan fingerprint density at radius 2 is 2.29 bits per heavy atom. The van der Waals surface area contributed by atoms with Gasteiger partial charge in [-0.1, -0.05) is 11.8 Å². The summed E-state index contributed by atoms with van der Waals surface area (Å²) in [6.45, 7) is 0.859. The minimum Gasteiger partial charge on any atom is -0.376 e. The number of nitrogens with one attached hydrogen (secondary N) is 1. The summed E-state index contributed by atoms with van der Waals surface area (Å²) in [5.74, 6) is 0.203. The van der Waals surface area contributed by atoms with E-state index in [2.05, 4.69) is 9.97 Å². The van der Waals surface area contributed by atoms with E-state index < -0.39 is 11.4 Å². The highest BCUT2D eigenvalue weighted by Gasteiger charge is 2.22. The number of rotatable bonds is 6. The van der Waals surface area contributed by atoms with E-state index in [0.717, 1.165) is 0 Å². The van der Waals surface area contributed by atoms with Crippen molar-refractivity contribution in [2.45, 2.75) is 24.6 Å². The molecule has 1 aromatic carbocycles. The third kappa shape index (κ3) is 3.66. The average molecular weight is 345 g/mol. The third-order valence-electron chi connectivity index (χ3n) is 3.83. The molecule has 24 heavy (non-hydrogen) atoms. The fourth-order valence-electron chi connectivity index (χ4n) is 2.38. The van der Waals surface area contributed by atoms with Crippen LogP contribution in [0.5, 0.6) is 0 Å². The summed E-state index contributed by atoms with van der Waals surface area (Å²) in [4.78, 5) is 19.0. The Bertz CT molecular complexity index is 856. The molecule has 124 valence electrons. The SMILES string of the molecule is CSc1nc(-c2ccc(F)cc2COCC2CC2)c(C#N)c(=O)[nH]1. The molecule has 7 heteroatoms. The predicted molar refractivity (Wildman–Crippen MR) is 89.1 cm³/mol. The number of hydrogen-bond donors (Lipinski definition) is 1. The zero-order valence-electron chi connectivity index (χ0n) is 13.1. The van der Waals surface area contributed by atoms with Crippen LogP contribution in [0.1, 0.15) is 24.0 Å². The van der Waals surface area contributed by atoms with Crippen LogP contribution in [0, 0.1) is 23.1 Å². The van der Waals surface area contributed by atoms with Gasteiger partial charge in [0.05, 0.1) is 12.3 Å². The number of hydrogen-bond acceptors (Lipinski definition) is 5. The van der Waals surface area contributed by atoms with Crippen LogP contribution in [0.4, 0.5) is 4.39 Å². The summed E-state index contributed by atoms with van der Waals surface area (Å²) in [7, 11) is 0. The van der Waals surface area contributed by atoms with E-state index in [9.17, 15) is 14.4 Å². The van der Waals surface area contributed by atoms with Gasteiger partial charge in [-0.3, -0.25) is 4.79 Å². The fraction of sp³-hybridized carbons (Fsp3) is 0.353. The van der Waals surface area contributed by atoms with Gasteiger partial charge in [0.25, 0.3) is 5.56 Å². The minimum absolute atomic E-state index is 0.0807. The van der Waals surface area contributed by atoms with Gasteiger partial charge in [-0.05, 0) is 48.8 Å². The molecule has 0 aliphatic heterocycles. The topological polar surface area (TPSA) is 78.8 Å². The van der Waals surface area contributed by atoms with Crippen molar-refractivity contribution < 1.29 is 9.13 Å². The Labute approximate surface area is 142 Å². The molecule has 5 nitrogen and oxygen atoms in total. The Morgan fingerprint density at radius 3 is 2.96 bits per heavy atom. The first-order chi connectivity index (χ1) is 11.6. The van der Waals surface area contributed by atoms with Crippen molar-refractivity contribution in [1.82, 2.24) is 9.97 Å². The van der Waals surface area contributed by atoms with Crippen LogP contribution in [0.3, 0.4) is 0 Å². The lowest BCUT2D eigenvalue weighted by atomic mass is 10.0. The van der Waals surface area contributed by atoms with Crippen LogP contribution in [0.25, 0.3) is 11.3 Å². The standard InChI is InChI=1S/C17H16FN3O2S/c1-24-17-20-15(14(7-19)16(22)21-17)13-5-4-12(18)6-11(13)9-23-8-10-2-3-10/h4-6,10H,2-3,8-9H2,1H3,(H,20,21,22). The zero-order chi connectivity index (χ0) is 17.1. The Balaban J connectivity index is 2.03. The number of benzene rings is 1. The van der Waals surface area contributed by atoms with Crippen molar-refractivity contribution in [2.75, 3.05) is 12.9 Å². The summed E-state index contributed by atoms with van der Waals surface area (Å²) < 4.78 is 19.3. The maximum absolute atomic E-state index is 13.7. The summed E-state index contributed by atoms with van der Waals surface area (Å²) in [6, 6.07) is 6.09. The molecule has 1 heterocycles. The van der Waals surface area contributed by atoms with E-state index in [1.165, 1.54) is 42.8 Å². The summed E-state index contributed by atoms with van der Waals surface area (Å²) in [6.07, 6.45) is 4.11. The monoisotopic (exact) mass is 345 g/mol. The van der Waals surface area contributed by atoms with Gasteiger partial charge >= 0.3 is 0 Å². The molecule has 1 aromatic heterocycles. The van der Waals surface area contributed by atoms with Gasteiger partial charge in [0.2, 0.25) is 0 Å². The number of nitrogens with zero attached hydrogens (tertiary/aromatic N) is 2. The van der Waals surface area contributed by atoms with E-state index in [0.29, 0.717) is 28.8 Å². The molecule has 0 amide bonds. The molecular formula is C17H16FN3O2S. The lowest BCUT2D eigenvalue weighted by molar-refractivity contribution is 0.111. The first kappa shape index (κ1) is 16.7. The number of nitriles is 1. The number of aromatic nitrogens is 2. The largest absolute Gasteiger partial charge is 0.376 e. The molecule has 1 aliphatic rings. The van der Waals surface area contributed by atoms with E-state index in [-0.39, 0.29) is 17.9 Å². The molecule has 1 aliphatic carbocycles. The second kappa shape index (κ2) is 7.16. The zero-order valence-corrected chi connectivity index (χ0v) is 14.0. The maximum atomic E-state index is 13.7. The van der Waals surface area contributed by atoms with Gasteiger partial charge < -0.3 is 9.72 Å². The van der Waals surface area contributed by atoms with Crippen LogP contribution in [0.15, 0.2) is 28.2 Å². The summed E-state index contributed by atoms with van der Waals surface area (Å²) in [5.41, 5.74) is 0.807. The fourth-order valence-corrected chi connectivity index (χ4v) is 2.76. The van der Waals surface area contributed by atoms with Crippen molar-refractivity contribution in [3.05, 3.63) is 45.5 Å². The van der Waals surface area contributed by atoms with Gasteiger partial charge in [-0.25, -0.2) is 9.37 Å². The van der Waals surface area contributed by atoms with Crippen molar-refractivity contribution in [2.24, 2.45) is 5.92 Å². The molecule has 0 saturated heterocycles. The highest BCUT2D eigenvalue weighted by Crippen LogP contribution is 2.30. The van der Waals surface area contributed by atoms with Crippen molar-refractivity contribution >= 4 is 11.8 Å². The molecule has 1 saturated carbocycles. The number of H-pyrrole nitrogens is 1. The van der Waals surface area contributed by atoms with Crippen molar-refractivity contribution in [3.8, 4) is 17.3 Å². The molecule has 1 N–H and O–H groups in total. The lowest BCUT2D eigenvalue weighted by Gasteiger charge is -2.12. The summed E-state index contributed by atoms with van der Waals surface area (Å²) >= 11 is 1.27. The Morgan fingerprint density at radius 1 is 1.50 bits per heavy atom. The van der Waals surface area contributed by atoms with E-state index in [1.807, 2.05) is 6.07 Å². The van der Waals surface area contributed by atoms with E-state index >= 15 is 0 Å². The third-order valence-corrected chi connectivity index (χ3v) is 4.41.